The van der Waals surface area contributed by atoms with Crippen LogP contribution < -0.4 is 27.0 Å². The molecule has 16 nitrogen and oxygen atoms in total. The molecular formula is C25H41N7O9S. The Labute approximate surface area is 247 Å². The molecule has 1 aromatic rings. The Morgan fingerprint density at radius 1 is 0.905 bits per heavy atom. The van der Waals surface area contributed by atoms with E-state index in [4.69, 9.17) is 10.8 Å². The number of carboxylic acid groups (broad SMARTS) is 2. The van der Waals surface area contributed by atoms with Gasteiger partial charge in [-0.2, -0.15) is 11.8 Å². The number of carbonyl (C=O) groups excluding carboxylic acids is 4. The van der Waals surface area contributed by atoms with Crippen molar-refractivity contribution in [3.8, 4) is 0 Å². The van der Waals surface area contributed by atoms with Crippen LogP contribution in [-0.4, -0.2) is 110 Å². The first-order valence-electron chi connectivity index (χ1n) is 13.3. The summed E-state index contributed by atoms with van der Waals surface area (Å²) in [5.41, 5.74) is 6.22. The number of imidazole rings is 1. The third-order valence-electron chi connectivity index (χ3n) is 6.00. The summed E-state index contributed by atoms with van der Waals surface area (Å²) in [6.07, 6.45) is 4.27. The Morgan fingerprint density at radius 3 is 2.00 bits per heavy atom. The number of nitrogens with zero attached hydrogens (tertiary/aromatic N) is 1. The fourth-order valence-electron chi connectivity index (χ4n) is 3.72. The molecule has 0 aliphatic rings. The number of aromatic amines is 1. The maximum absolute atomic E-state index is 13.0. The normalized spacial score (nSPS) is 14.6. The molecule has 0 aliphatic heterocycles. The van der Waals surface area contributed by atoms with Crippen LogP contribution in [0.25, 0.3) is 0 Å². The molecule has 0 spiro atoms. The molecule has 0 radical (unpaired) electrons. The van der Waals surface area contributed by atoms with Crippen molar-refractivity contribution in [2.45, 2.75) is 76.2 Å². The lowest BCUT2D eigenvalue weighted by atomic mass is 10.0. The zero-order valence-corrected chi connectivity index (χ0v) is 24.6. The van der Waals surface area contributed by atoms with Gasteiger partial charge in [0.2, 0.25) is 23.6 Å². The van der Waals surface area contributed by atoms with Crippen LogP contribution in [0.3, 0.4) is 0 Å². The van der Waals surface area contributed by atoms with E-state index < -0.39 is 72.4 Å². The zero-order chi connectivity index (χ0) is 31.8. The van der Waals surface area contributed by atoms with E-state index in [2.05, 4.69) is 31.2 Å². The average Bonchev–Trinajstić information content (AvgIpc) is 3.44. The molecular weight excluding hydrogens is 574 g/mol. The smallest absolute Gasteiger partial charge is 0.326 e. The van der Waals surface area contributed by atoms with Gasteiger partial charge in [-0.15, -0.1) is 0 Å². The van der Waals surface area contributed by atoms with E-state index >= 15 is 0 Å². The first kappa shape index (κ1) is 36.3. The second kappa shape index (κ2) is 18.7. The van der Waals surface area contributed by atoms with Crippen molar-refractivity contribution in [1.29, 1.82) is 0 Å². The number of rotatable bonds is 20. The molecule has 1 heterocycles. The summed E-state index contributed by atoms with van der Waals surface area (Å²) in [6, 6.07) is -6.33. The number of nitrogens with one attached hydrogen (secondary N) is 5. The average molecular weight is 616 g/mol. The molecule has 42 heavy (non-hydrogen) atoms. The van der Waals surface area contributed by atoms with E-state index in [9.17, 15) is 39.0 Å². The molecule has 0 saturated heterocycles. The van der Waals surface area contributed by atoms with Crippen LogP contribution in [0, 0.1) is 5.92 Å². The molecule has 10 N–H and O–H groups in total. The largest absolute Gasteiger partial charge is 0.481 e. The van der Waals surface area contributed by atoms with Crippen LogP contribution in [0.1, 0.15) is 45.2 Å². The van der Waals surface area contributed by atoms with Crippen molar-refractivity contribution >= 4 is 47.3 Å². The van der Waals surface area contributed by atoms with Gasteiger partial charge in [0, 0.05) is 24.7 Å². The molecule has 0 aromatic carbocycles. The van der Waals surface area contributed by atoms with Gasteiger partial charge in [0.1, 0.15) is 24.2 Å². The second-order valence-electron chi connectivity index (χ2n) is 10.00. The minimum Gasteiger partial charge on any atom is -0.481 e. The third kappa shape index (κ3) is 13.3. The number of carboxylic acids is 2. The fraction of sp³-hybridized carbons (Fsp3) is 0.640. The predicted molar refractivity (Wildman–Crippen MR) is 152 cm³/mol. The van der Waals surface area contributed by atoms with Crippen LogP contribution >= 0.6 is 11.8 Å². The standard InChI is InChI=1S/C25H41N7O9S/c1-13(2)8-17(30-21(36)15(26)4-5-20(34)35)23(38)32-19(11-33)24(39)29-16(6-7-42-3)22(37)31-18(25(40)41)9-14-10-27-12-28-14/h10,12-13,15-19,33H,4-9,11,26H2,1-3H3,(H,27,28)(H,29,39)(H,30,36)(H,31,37)(H,32,38)(H,34,35)(H,40,41)/t15-,16-,17-,18-,19-/m0/s1. The molecule has 1 rings (SSSR count). The van der Waals surface area contributed by atoms with Crippen LogP contribution in [0.15, 0.2) is 12.5 Å². The highest BCUT2D eigenvalue weighted by molar-refractivity contribution is 7.98. The third-order valence-corrected chi connectivity index (χ3v) is 6.64. The van der Waals surface area contributed by atoms with Crippen LogP contribution in [0.4, 0.5) is 0 Å². The van der Waals surface area contributed by atoms with E-state index in [1.165, 1.54) is 24.3 Å². The molecule has 17 heteroatoms. The Hall–Kier alpha value is -3.70. The second-order valence-corrected chi connectivity index (χ2v) is 11.0. The number of carbonyl (C=O) groups is 6. The van der Waals surface area contributed by atoms with Crippen LogP contribution in [0.5, 0.6) is 0 Å². The van der Waals surface area contributed by atoms with Crippen molar-refractivity contribution in [2.24, 2.45) is 11.7 Å². The van der Waals surface area contributed by atoms with Gasteiger partial charge in [-0.3, -0.25) is 24.0 Å². The molecule has 1 aromatic heterocycles. The van der Waals surface area contributed by atoms with E-state index in [-0.39, 0.29) is 38.0 Å². The molecule has 5 atom stereocenters. The summed E-state index contributed by atoms with van der Waals surface area (Å²) in [7, 11) is 0. The molecule has 0 bridgehead atoms. The van der Waals surface area contributed by atoms with E-state index in [0.29, 0.717) is 11.4 Å². The van der Waals surface area contributed by atoms with Gasteiger partial charge in [0.15, 0.2) is 0 Å². The summed E-state index contributed by atoms with van der Waals surface area (Å²) >= 11 is 1.39. The Balaban J connectivity index is 2.95. The predicted octanol–water partition coefficient (Wildman–Crippen LogP) is -2.04. The van der Waals surface area contributed by atoms with Crippen molar-refractivity contribution in [2.75, 3.05) is 18.6 Å². The number of aromatic nitrogens is 2. The minimum absolute atomic E-state index is 0.0808. The minimum atomic E-state index is -1.51. The molecule has 0 unspecified atom stereocenters. The first-order chi connectivity index (χ1) is 19.8. The number of H-pyrrole nitrogens is 1. The van der Waals surface area contributed by atoms with Gasteiger partial charge in [0.05, 0.1) is 19.0 Å². The topological polar surface area (TPSA) is 266 Å². The number of amides is 4. The van der Waals surface area contributed by atoms with Crippen LogP contribution in [-0.2, 0) is 35.2 Å². The summed E-state index contributed by atoms with van der Waals surface area (Å²) in [6.45, 7) is 2.74. The van der Waals surface area contributed by atoms with Crippen LogP contribution in [0.2, 0.25) is 0 Å². The maximum Gasteiger partial charge on any atom is 0.326 e. The highest BCUT2D eigenvalue weighted by Gasteiger charge is 2.32. The number of nitrogens with two attached hydrogens (primary N) is 1. The van der Waals surface area contributed by atoms with E-state index in [1.54, 1.807) is 20.1 Å². The first-order valence-corrected chi connectivity index (χ1v) is 14.7. The summed E-state index contributed by atoms with van der Waals surface area (Å²) in [4.78, 5) is 80.6. The summed E-state index contributed by atoms with van der Waals surface area (Å²) < 4.78 is 0. The number of hydrogen-bond acceptors (Lipinski definition) is 10. The zero-order valence-electron chi connectivity index (χ0n) is 23.8. The number of thioether (sulfide) groups is 1. The van der Waals surface area contributed by atoms with E-state index in [0.717, 1.165) is 0 Å². The Kier molecular flexibility index (Phi) is 16.2. The molecule has 0 saturated carbocycles. The molecule has 236 valence electrons. The van der Waals surface area contributed by atoms with E-state index in [1.807, 2.05) is 0 Å². The number of aliphatic carboxylic acids is 2. The van der Waals surface area contributed by atoms with Crippen molar-refractivity contribution in [1.82, 2.24) is 31.2 Å². The molecule has 0 aliphatic carbocycles. The van der Waals surface area contributed by atoms with Crippen molar-refractivity contribution in [3.05, 3.63) is 18.2 Å². The molecule has 0 fully saturated rings. The lowest BCUT2D eigenvalue weighted by Gasteiger charge is -2.26. The SMILES string of the molecule is CSCC[C@H](NC(=O)[C@H](CO)NC(=O)[C@H](CC(C)C)NC(=O)[C@@H](N)CCC(=O)O)C(=O)N[C@@H](Cc1cnc[nH]1)C(=O)O. The number of hydrogen-bond donors (Lipinski definition) is 9. The van der Waals surface area contributed by atoms with Crippen molar-refractivity contribution in [3.63, 3.8) is 0 Å². The van der Waals surface area contributed by atoms with Crippen molar-refractivity contribution < 1.29 is 44.1 Å². The number of aliphatic hydroxyl groups excluding tert-OH is 1. The Bertz CT molecular complexity index is 1060. The van der Waals surface area contributed by atoms with Gasteiger partial charge in [-0.25, -0.2) is 9.78 Å². The quantitative estimate of drug-likeness (QED) is 0.0768. The van der Waals surface area contributed by atoms with Gasteiger partial charge >= 0.3 is 11.9 Å². The van der Waals surface area contributed by atoms with Gasteiger partial charge in [-0.05, 0) is 37.2 Å². The lowest BCUT2D eigenvalue weighted by molar-refractivity contribution is -0.142. The lowest BCUT2D eigenvalue weighted by Crippen LogP contribution is -2.59. The Morgan fingerprint density at radius 2 is 1.48 bits per heavy atom. The monoisotopic (exact) mass is 615 g/mol. The number of aliphatic hydroxyl groups is 1. The summed E-state index contributed by atoms with van der Waals surface area (Å²) in [5, 5.41) is 37.9. The van der Waals surface area contributed by atoms with Gasteiger partial charge < -0.3 is 47.3 Å². The summed E-state index contributed by atoms with van der Waals surface area (Å²) in [5.74, 6) is -5.31. The van der Waals surface area contributed by atoms with Gasteiger partial charge in [0.25, 0.3) is 0 Å². The van der Waals surface area contributed by atoms with Gasteiger partial charge in [-0.1, -0.05) is 13.8 Å². The molecule has 4 amide bonds. The highest BCUT2D eigenvalue weighted by atomic mass is 32.2. The fourth-order valence-corrected chi connectivity index (χ4v) is 4.20. The highest BCUT2D eigenvalue weighted by Crippen LogP contribution is 2.08. The maximum atomic E-state index is 13.0.